The van der Waals surface area contributed by atoms with Gasteiger partial charge in [0.25, 0.3) is 5.24 Å². The van der Waals surface area contributed by atoms with Crippen LogP contribution in [-0.4, -0.2) is 10.4 Å². The molecule has 16 heavy (non-hydrogen) atoms. The Kier molecular flexibility index (Phi) is 2.94. The number of benzene rings is 1. The monoisotopic (exact) mass is 259 g/mol. The first-order valence-corrected chi connectivity index (χ1v) is 4.95. The van der Waals surface area contributed by atoms with Crippen LogP contribution in [0.1, 0.15) is 10.5 Å². The molecule has 0 atom stereocenters. The Labute approximate surface area is 99.8 Å². The topological polar surface area (TPSA) is 43.1 Å². The van der Waals surface area contributed by atoms with Crippen LogP contribution in [-0.2, 0) is 0 Å². The number of halogens is 3. The average Bonchev–Trinajstić information content (AvgIpc) is 2.66. The summed E-state index contributed by atoms with van der Waals surface area (Å²) in [5.41, 5.74) is 0.0335. The van der Waals surface area contributed by atoms with Crippen LogP contribution in [0, 0.1) is 5.82 Å². The molecule has 0 amide bonds. The highest BCUT2D eigenvalue weighted by molar-refractivity contribution is 6.68. The number of hydrogen-bond donors (Lipinski definition) is 0. The van der Waals surface area contributed by atoms with Gasteiger partial charge in [-0.15, -0.1) is 0 Å². The summed E-state index contributed by atoms with van der Waals surface area (Å²) in [6, 6.07) is 4.17. The zero-order valence-corrected chi connectivity index (χ0v) is 9.22. The predicted octanol–water partition coefficient (Wildman–Crippen LogP) is 3.51. The van der Waals surface area contributed by atoms with E-state index in [-0.39, 0.29) is 21.8 Å². The van der Waals surface area contributed by atoms with E-state index < -0.39 is 11.1 Å². The lowest BCUT2D eigenvalue weighted by molar-refractivity contribution is 0.107. The third-order valence-corrected chi connectivity index (χ3v) is 2.48. The minimum absolute atomic E-state index is 0.0504. The highest BCUT2D eigenvalue weighted by Crippen LogP contribution is 2.32. The van der Waals surface area contributed by atoms with Crippen molar-refractivity contribution in [3.8, 4) is 11.1 Å². The molecule has 0 aliphatic carbocycles. The minimum atomic E-state index is -0.830. The van der Waals surface area contributed by atoms with Crippen molar-refractivity contribution in [3.05, 3.63) is 41.0 Å². The van der Waals surface area contributed by atoms with Gasteiger partial charge in [0, 0.05) is 5.56 Å². The molecular weight excluding hydrogens is 256 g/mol. The van der Waals surface area contributed by atoms with Crippen molar-refractivity contribution < 1.29 is 13.7 Å². The molecule has 1 aromatic carbocycles. The zero-order chi connectivity index (χ0) is 11.7. The maximum atomic E-state index is 13.5. The molecule has 0 saturated heterocycles. The minimum Gasteiger partial charge on any atom is -0.363 e. The fourth-order valence-corrected chi connectivity index (χ4v) is 1.71. The van der Waals surface area contributed by atoms with Gasteiger partial charge in [-0.25, -0.2) is 4.39 Å². The smallest absolute Gasteiger partial charge is 0.275 e. The van der Waals surface area contributed by atoms with Crippen LogP contribution in [0.3, 0.4) is 0 Å². The van der Waals surface area contributed by atoms with Crippen molar-refractivity contribution >= 4 is 28.4 Å². The van der Waals surface area contributed by atoms with Crippen molar-refractivity contribution in [2.75, 3.05) is 0 Å². The highest BCUT2D eigenvalue weighted by atomic mass is 35.5. The number of aromatic nitrogens is 1. The summed E-state index contributed by atoms with van der Waals surface area (Å²) >= 11 is 11.1. The van der Waals surface area contributed by atoms with Gasteiger partial charge >= 0.3 is 0 Å². The second-order valence-electron chi connectivity index (χ2n) is 2.95. The molecule has 2 aromatic rings. The first-order valence-electron chi connectivity index (χ1n) is 4.20. The van der Waals surface area contributed by atoms with Crippen LogP contribution in [0.5, 0.6) is 0 Å². The maximum Gasteiger partial charge on any atom is 0.275 e. The van der Waals surface area contributed by atoms with E-state index in [0.29, 0.717) is 0 Å². The second-order valence-corrected chi connectivity index (χ2v) is 3.70. The molecule has 3 nitrogen and oxygen atoms in total. The van der Waals surface area contributed by atoms with Crippen molar-refractivity contribution in [2.45, 2.75) is 0 Å². The number of carbonyl (C=O) groups excluding carboxylic acids is 1. The predicted molar refractivity (Wildman–Crippen MR) is 57.1 cm³/mol. The first-order chi connectivity index (χ1) is 7.61. The van der Waals surface area contributed by atoms with E-state index in [1.54, 1.807) is 0 Å². The molecule has 0 aliphatic heterocycles. The zero-order valence-electron chi connectivity index (χ0n) is 7.71. The van der Waals surface area contributed by atoms with E-state index in [0.717, 1.165) is 6.26 Å². The van der Waals surface area contributed by atoms with Crippen LogP contribution in [0.2, 0.25) is 5.02 Å². The van der Waals surface area contributed by atoms with Crippen LogP contribution in [0.15, 0.2) is 29.0 Å². The fraction of sp³-hybridized carbons (Fsp3) is 0. The van der Waals surface area contributed by atoms with E-state index in [2.05, 4.69) is 9.68 Å². The first kappa shape index (κ1) is 11.1. The summed E-state index contributed by atoms with van der Waals surface area (Å²) in [4.78, 5) is 11.0. The molecule has 1 heterocycles. The van der Waals surface area contributed by atoms with Crippen LogP contribution >= 0.6 is 23.2 Å². The van der Waals surface area contributed by atoms with Crippen LogP contribution in [0.25, 0.3) is 11.1 Å². The van der Waals surface area contributed by atoms with E-state index in [1.165, 1.54) is 18.2 Å². The van der Waals surface area contributed by atoms with Gasteiger partial charge in [-0.2, -0.15) is 0 Å². The maximum absolute atomic E-state index is 13.5. The molecule has 2 rings (SSSR count). The summed E-state index contributed by atoms with van der Waals surface area (Å²) < 4.78 is 18.1. The van der Waals surface area contributed by atoms with E-state index >= 15 is 0 Å². The molecule has 0 aliphatic rings. The van der Waals surface area contributed by atoms with Crippen molar-refractivity contribution in [1.82, 2.24) is 5.16 Å². The molecule has 0 unspecified atom stereocenters. The fourth-order valence-electron chi connectivity index (χ4n) is 1.31. The molecule has 1 aromatic heterocycles. The standard InChI is InChI=1S/C10H4Cl2FNO2/c11-6-2-1-3-7(13)8(6)5-4-16-14-9(5)10(12)15/h1-4H. The molecule has 0 fully saturated rings. The molecule has 0 spiro atoms. The lowest BCUT2D eigenvalue weighted by atomic mass is 10.1. The molecule has 0 saturated carbocycles. The molecule has 82 valence electrons. The van der Waals surface area contributed by atoms with E-state index in [1.807, 2.05) is 0 Å². The Hall–Kier alpha value is -1.39. The Morgan fingerprint density at radius 2 is 2.19 bits per heavy atom. The average molecular weight is 260 g/mol. The van der Waals surface area contributed by atoms with Crippen LogP contribution < -0.4 is 0 Å². The lowest BCUT2D eigenvalue weighted by Gasteiger charge is -2.02. The molecule has 0 bridgehead atoms. The lowest BCUT2D eigenvalue weighted by Crippen LogP contribution is -1.94. The Morgan fingerprint density at radius 1 is 1.44 bits per heavy atom. The van der Waals surface area contributed by atoms with Gasteiger partial charge in [0.1, 0.15) is 12.1 Å². The quantitative estimate of drug-likeness (QED) is 0.776. The SMILES string of the molecule is O=C(Cl)c1nocc1-c1c(F)cccc1Cl. The van der Waals surface area contributed by atoms with Gasteiger partial charge in [-0.3, -0.25) is 4.79 Å². The summed E-state index contributed by atoms with van der Waals surface area (Å²) in [6.45, 7) is 0. The highest BCUT2D eigenvalue weighted by Gasteiger charge is 2.20. The van der Waals surface area contributed by atoms with Crippen molar-refractivity contribution in [1.29, 1.82) is 0 Å². The second kappa shape index (κ2) is 4.23. The number of hydrogen-bond acceptors (Lipinski definition) is 3. The normalized spacial score (nSPS) is 10.4. The molecular formula is C10H4Cl2FNO2. The van der Waals surface area contributed by atoms with Gasteiger partial charge in [0.15, 0.2) is 5.69 Å². The van der Waals surface area contributed by atoms with Gasteiger partial charge in [0.05, 0.1) is 10.6 Å². The molecule has 6 heteroatoms. The number of carbonyl (C=O) groups is 1. The Morgan fingerprint density at radius 3 is 2.81 bits per heavy atom. The van der Waals surface area contributed by atoms with Gasteiger partial charge < -0.3 is 4.52 Å². The van der Waals surface area contributed by atoms with Crippen molar-refractivity contribution in [2.24, 2.45) is 0 Å². The molecule has 0 N–H and O–H groups in total. The van der Waals surface area contributed by atoms with Gasteiger partial charge in [0.2, 0.25) is 0 Å². The van der Waals surface area contributed by atoms with Crippen LogP contribution in [0.4, 0.5) is 4.39 Å². The summed E-state index contributed by atoms with van der Waals surface area (Å²) in [5.74, 6) is -0.574. The number of nitrogens with zero attached hydrogens (tertiary/aromatic N) is 1. The summed E-state index contributed by atoms with van der Waals surface area (Å²) in [5, 5.41) is 2.72. The largest absolute Gasteiger partial charge is 0.363 e. The van der Waals surface area contributed by atoms with Gasteiger partial charge in [-0.1, -0.05) is 22.8 Å². The number of rotatable bonds is 2. The Balaban J connectivity index is 2.68. The van der Waals surface area contributed by atoms with Gasteiger partial charge in [-0.05, 0) is 23.7 Å². The van der Waals surface area contributed by atoms with E-state index in [9.17, 15) is 9.18 Å². The van der Waals surface area contributed by atoms with Crippen molar-refractivity contribution in [3.63, 3.8) is 0 Å². The third kappa shape index (κ3) is 1.81. The third-order valence-electron chi connectivity index (χ3n) is 1.99. The van der Waals surface area contributed by atoms with E-state index in [4.69, 9.17) is 23.2 Å². The summed E-state index contributed by atoms with van der Waals surface area (Å²) in [7, 11) is 0. The Bertz CT molecular complexity index is 533. The summed E-state index contributed by atoms with van der Waals surface area (Å²) in [6.07, 6.45) is 1.12. The molecule has 0 radical (unpaired) electrons.